The van der Waals surface area contributed by atoms with Gasteiger partial charge in [-0.05, 0) is 36.3 Å². The lowest BCUT2D eigenvalue weighted by Crippen LogP contribution is -2.37. The molecule has 3 rings (SSSR count). The van der Waals surface area contributed by atoms with Crippen molar-refractivity contribution in [3.8, 4) is 0 Å². The number of morpholine rings is 1. The molecule has 0 unspecified atom stereocenters. The zero-order chi connectivity index (χ0) is 14.0. The Kier molecular flexibility index (Phi) is 3.94. The van der Waals surface area contributed by atoms with Crippen LogP contribution in [0.1, 0.15) is 26.2 Å². The minimum atomic E-state index is 0.241. The van der Waals surface area contributed by atoms with Gasteiger partial charge in [-0.15, -0.1) is 0 Å². The van der Waals surface area contributed by atoms with Gasteiger partial charge in [0, 0.05) is 19.6 Å². The number of rotatable bonds is 5. The lowest BCUT2D eigenvalue weighted by atomic mass is 10.0. The molecule has 20 heavy (non-hydrogen) atoms. The first-order valence-electron chi connectivity index (χ1n) is 7.19. The fourth-order valence-electron chi connectivity index (χ4n) is 2.42. The van der Waals surface area contributed by atoms with Crippen molar-refractivity contribution in [1.82, 2.24) is 15.0 Å². The fourth-order valence-corrected chi connectivity index (χ4v) is 2.58. The molecule has 1 aliphatic heterocycles. The van der Waals surface area contributed by atoms with E-state index in [1.807, 2.05) is 0 Å². The third-order valence-corrected chi connectivity index (χ3v) is 4.39. The van der Waals surface area contributed by atoms with Crippen LogP contribution in [-0.4, -0.2) is 47.8 Å². The van der Waals surface area contributed by atoms with Crippen molar-refractivity contribution in [1.29, 1.82) is 0 Å². The van der Waals surface area contributed by atoms with E-state index in [-0.39, 0.29) is 5.28 Å². The molecule has 0 aromatic carbocycles. The van der Waals surface area contributed by atoms with E-state index >= 15 is 0 Å². The molecule has 1 aliphatic carbocycles. The van der Waals surface area contributed by atoms with Gasteiger partial charge in [0.25, 0.3) is 0 Å². The summed E-state index contributed by atoms with van der Waals surface area (Å²) in [6, 6.07) is 0. The molecule has 0 radical (unpaired) electrons. The Labute approximate surface area is 123 Å². The zero-order valence-corrected chi connectivity index (χ0v) is 12.5. The van der Waals surface area contributed by atoms with Crippen molar-refractivity contribution >= 4 is 23.5 Å². The Morgan fingerprint density at radius 3 is 2.65 bits per heavy atom. The fraction of sp³-hybridized carbons (Fsp3) is 0.769. The predicted molar refractivity (Wildman–Crippen MR) is 78.3 cm³/mol. The highest BCUT2D eigenvalue weighted by molar-refractivity contribution is 6.28. The van der Waals surface area contributed by atoms with Crippen molar-refractivity contribution in [2.45, 2.75) is 26.2 Å². The van der Waals surface area contributed by atoms with Gasteiger partial charge in [0.2, 0.25) is 17.2 Å². The summed E-state index contributed by atoms with van der Waals surface area (Å²) in [5, 5.41) is 3.56. The second-order valence-corrected chi connectivity index (χ2v) is 5.87. The largest absolute Gasteiger partial charge is 0.378 e. The highest BCUT2D eigenvalue weighted by Crippen LogP contribution is 2.48. The average Bonchev–Trinajstić information content (AvgIpc) is 3.26. The van der Waals surface area contributed by atoms with Crippen molar-refractivity contribution in [3.05, 3.63) is 5.28 Å². The summed E-state index contributed by atoms with van der Waals surface area (Å²) in [5.74, 6) is 1.21. The molecule has 1 aromatic rings. The molecule has 1 N–H and O–H groups in total. The molecule has 1 saturated heterocycles. The highest BCUT2D eigenvalue weighted by atomic mass is 35.5. The van der Waals surface area contributed by atoms with Gasteiger partial charge < -0.3 is 15.0 Å². The third-order valence-electron chi connectivity index (χ3n) is 4.22. The van der Waals surface area contributed by atoms with Crippen LogP contribution in [0.3, 0.4) is 0 Å². The number of ether oxygens (including phenoxy) is 1. The highest BCUT2D eigenvalue weighted by Gasteiger charge is 2.40. The lowest BCUT2D eigenvalue weighted by Gasteiger charge is -2.26. The summed E-state index contributed by atoms with van der Waals surface area (Å²) in [7, 11) is 0. The van der Waals surface area contributed by atoms with Gasteiger partial charge in [0.1, 0.15) is 0 Å². The van der Waals surface area contributed by atoms with Crippen LogP contribution >= 0.6 is 11.6 Å². The molecular weight excluding hydrogens is 278 g/mol. The van der Waals surface area contributed by atoms with Crippen LogP contribution in [0.4, 0.5) is 11.9 Å². The zero-order valence-electron chi connectivity index (χ0n) is 11.7. The van der Waals surface area contributed by atoms with Crippen LogP contribution in [0, 0.1) is 5.41 Å². The second-order valence-electron chi connectivity index (χ2n) is 5.53. The first kappa shape index (κ1) is 13.8. The first-order chi connectivity index (χ1) is 9.71. The van der Waals surface area contributed by atoms with E-state index in [1.54, 1.807) is 0 Å². The number of anilines is 2. The quantitative estimate of drug-likeness (QED) is 0.896. The van der Waals surface area contributed by atoms with Gasteiger partial charge in [-0.1, -0.05) is 6.92 Å². The van der Waals surface area contributed by atoms with Crippen LogP contribution in [-0.2, 0) is 4.74 Å². The number of aromatic nitrogens is 3. The molecule has 0 amide bonds. The summed E-state index contributed by atoms with van der Waals surface area (Å²) in [5.41, 5.74) is 0.443. The minimum absolute atomic E-state index is 0.241. The molecule has 0 spiro atoms. The summed E-state index contributed by atoms with van der Waals surface area (Å²) in [6.45, 7) is 6.12. The van der Waals surface area contributed by atoms with Gasteiger partial charge in [0.05, 0.1) is 13.2 Å². The van der Waals surface area contributed by atoms with E-state index in [0.717, 1.165) is 19.6 Å². The molecule has 2 aliphatic rings. The summed E-state index contributed by atoms with van der Waals surface area (Å²) >= 11 is 6.01. The number of nitrogens with one attached hydrogen (secondary N) is 1. The molecule has 0 bridgehead atoms. The Hall–Kier alpha value is -1.14. The van der Waals surface area contributed by atoms with Crippen molar-refractivity contribution in [2.75, 3.05) is 43.1 Å². The predicted octanol–water partition coefficient (Wildman–Crippen LogP) is 1.96. The number of hydrogen-bond donors (Lipinski definition) is 1. The molecule has 2 fully saturated rings. The van der Waals surface area contributed by atoms with E-state index in [1.165, 1.54) is 19.3 Å². The number of nitrogens with zero attached hydrogens (tertiary/aromatic N) is 4. The van der Waals surface area contributed by atoms with E-state index < -0.39 is 0 Å². The Morgan fingerprint density at radius 1 is 1.25 bits per heavy atom. The van der Waals surface area contributed by atoms with E-state index in [9.17, 15) is 0 Å². The summed E-state index contributed by atoms with van der Waals surface area (Å²) in [4.78, 5) is 14.9. The van der Waals surface area contributed by atoms with Gasteiger partial charge >= 0.3 is 0 Å². The van der Waals surface area contributed by atoms with Crippen LogP contribution in [0.25, 0.3) is 0 Å². The maximum Gasteiger partial charge on any atom is 0.231 e. The molecule has 6 nitrogen and oxygen atoms in total. The topological polar surface area (TPSA) is 63.2 Å². The van der Waals surface area contributed by atoms with E-state index in [2.05, 4.69) is 32.1 Å². The minimum Gasteiger partial charge on any atom is -0.378 e. The Bertz CT molecular complexity index is 474. The molecule has 2 heterocycles. The van der Waals surface area contributed by atoms with E-state index in [0.29, 0.717) is 30.5 Å². The van der Waals surface area contributed by atoms with Gasteiger partial charge in [-0.3, -0.25) is 0 Å². The van der Waals surface area contributed by atoms with E-state index in [4.69, 9.17) is 16.3 Å². The third kappa shape index (κ3) is 3.12. The maximum absolute atomic E-state index is 6.01. The van der Waals surface area contributed by atoms with Crippen molar-refractivity contribution < 1.29 is 4.74 Å². The SMILES string of the molecule is CCC1(CNc2nc(Cl)nc(N3CCOCC3)n2)CC1. The lowest BCUT2D eigenvalue weighted by molar-refractivity contribution is 0.122. The molecule has 1 saturated carbocycles. The van der Waals surface area contributed by atoms with Crippen molar-refractivity contribution in [2.24, 2.45) is 5.41 Å². The van der Waals surface area contributed by atoms with Crippen LogP contribution in [0.5, 0.6) is 0 Å². The average molecular weight is 298 g/mol. The summed E-state index contributed by atoms with van der Waals surface area (Å²) < 4.78 is 5.34. The normalized spacial score (nSPS) is 20.8. The first-order valence-corrected chi connectivity index (χ1v) is 7.57. The van der Waals surface area contributed by atoms with Crippen molar-refractivity contribution in [3.63, 3.8) is 0 Å². The van der Waals surface area contributed by atoms with Gasteiger partial charge in [-0.25, -0.2) is 0 Å². The number of hydrogen-bond acceptors (Lipinski definition) is 6. The number of halogens is 1. The Balaban J connectivity index is 1.69. The molecule has 110 valence electrons. The molecule has 7 heteroatoms. The molecule has 0 atom stereocenters. The van der Waals surface area contributed by atoms with Crippen LogP contribution < -0.4 is 10.2 Å². The monoisotopic (exact) mass is 297 g/mol. The second kappa shape index (κ2) is 5.69. The van der Waals surface area contributed by atoms with Crippen LogP contribution in [0.2, 0.25) is 5.28 Å². The summed E-state index contributed by atoms with van der Waals surface area (Å²) in [6.07, 6.45) is 3.76. The smallest absolute Gasteiger partial charge is 0.231 e. The Morgan fingerprint density at radius 2 is 2.00 bits per heavy atom. The molecular formula is C13H20ClN5O. The van der Waals surface area contributed by atoms with Crippen LogP contribution in [0.15, 0.2) is 0 Å². The van der Waals surface area contributed by atoms with Gasteiger partial charge in [0.15, 0.2) is 0 Å². The molecule has 1 aromatic heterocycles. The standard InChI is InChI=1S/C13H20ClN5O/c1-2-13(3-4-13)9-15-11-16-10(14)17-12(18-11)19-5-7-20-8-6-19/h2-9H2,1H3,(H,15,16,17,18). The maximum atomic E-state index is 6.01. The van der Waals surface area contributed by atoms with Gasteiger partial charge in [-0.2, -0.15) is 15.0 Å².